The Kier molecular flexibility index (Phi) is 4.04. The molecule has 2 aliphatic rings. The molecule has 1 aromatic rings. The summed E-state index contributed by atoms with van der Waals surface area (Å²) in [5.41, 5.74) is 6.12. The summed E-state index contributed by atoms with van der Waals surface area (Å²) in [6.07, 6.45) is 2.35. The Balaban J connectivity index is 1.77. The summed E-state index contributed by atoms with van der Waals surface area (Å²) in [4.78, 5) is 13.8. The fourth-order valence-corrected chi connectivity index (χ4v) is 3.16. The van der Waals surface area contributed by atoms with Gasteiger partial charge in [-0.3, -0.25) is 4.79 Å². The standard InChI is InChI=1S/C16H20F2N2O2/c1-22-10-6-12(17)15(13(18)7-10)11-4-5-20(8-14(11)19)16(21)9-2-3-9/h6-7,9,11,14H,2-5,8,19H2,1H3. The van der Waals surface area contributed by atoms with E-state index in [9.17, 15) is 13.6 Å². The van der Waals surface area contributed by atoms with E-state index >= 15 is 0 Å². The number of amides is 1. The van der Waals surface area contributed by atoms with Crippen LogP contribution in [0.15, 0.2) is 12.1 Å². The second-order valence-electron chi connectivity index (χ2n) is 6.12. The van der Waals surface area contributed by atoms with Crippen LogP contribution >= 0.6 is 0 Å². The van der Waals surface area contributed by atoms with Gasteiger partial charge < -0.3 is 15.4 Å². The number of likely N-dealkylation sites (tertiary alicyclic amines) is 1. The predicted octanol–water partition coefficient (Wildman–Crippen LogP) is 2.03. The summed E-state index contributed by atoms with van der Waals surface area (Å²) in [5, 5.41) is 0. The molecule has 2 N–H and O–H groups in total. The summed E-state index contributed by atoms with van der Waals surface area (Å²) in [6, 6.07) is 1.88. The molecule has 1 aromatic carbocycles. The summed E-state index contributed by atoms with van der Waals surface area (Å²) in [5.74, 6) is -1.29. The number of carbonyl (C=O) groups is 1. The third-order valence-electron chi connectivity index (χ3n) is 4.56. The maximum Gasteiger partial charge on any atom is 0.225 e. The second kappa shape index (κ2) is 5.83. The normalized spacial score (nSPS) is 25.2. The second-order valence-corrected chi connectivity index (χ2v) is 6.12. The van der Waals surface area contributed by atoms with Gasteiger partial charge in [0.25, 0.3) is 0 Å². The third-order valence-corrected chi connectivity index (χ3v) is 4.56. The molecule has 6 heteroatoms. The molecule has 0 bridgehead atoms. The first-order valence-corrected chi connectivity index (χ1v) is 7.58. The highest BCUT2D eigenvalue weighted by Crippen LogP contribution is 2.36. The molecule has 3 rings (SSSR count). The third kappa shape index (κ3) is 2.79. The number of nitrogens with two attached hydrogens (primary N) is 1. The largest absolute Gasteiger partial charge is 0.497 e. The Labute approximate surface area is 128 Å². The van der Waals surface area contributed by atoms with Crippen LogP contribution in [0.5, 0.6) is 5.75 Å². The van der Waals surface area contributed by atoms with Gasteiger partial charge in [-0.25, -0.2) is 8.78 Å². The van der Waals surface area contributed by atoms with E-state index < -0.39 is 23.6 Å². The minimum atomic E-state index is -0.640. The number of rotatable bonds is 3. The number of ether oxygens (including phenoxy) is 1. The van der Waals surface area contributed by atoms with Crippen LogP contribution < -0.4 is 10.5 Å². The van der Waals surface area contributed by atoms with Crippen LogP contribution in [-0.2, 0) is 4.79 Å². The first kappa shape index (κ1) is 15.2. The van der Waals surface area contributed by atoms with E-state index in [0.29, 0.717) is 19.5 Å². The molecule has 1 heterocycles. The highest BCUT2D eigenvalue weighted by Gasteiger charge is 2.38. The van der Waals surface area contributed by atoms with Gasteiger partial charge in [0.2, 0.25) is 5.91 Å². The molecule has 1 saturated heterocycles. The molecule has 0 spiro atoms. The minimum absolute atomic E-state index is 0.00632. The van der Waals surface area contributed by atoms with Gasteiger partial charge in [0.05, 0.1) is 7.11 Å². The topological polar surface area (TPSA) is 55.6 Å². The van der Waals surface area contributed by atoms with Crippen molar-refractivity contribution in [2.24, 2.45) is 11.7 Å². The lowest BCUT2D eigenvalue weighted by molar-refractivity contribution is -0.133. The number of benzene rings is 1. The Bertz CT molecular complexity index is 567. The van der Waals surface area contributed by atoms with E-state index in [1.807, 2.05) is 0 Å². The fourth-order valence-electron chi connectivity index (χ4n) is 3.16. The quantitative estimate of drug-likeness (QED) is 0.929. The first-order valence-electron chi connectivity index (χ1n) is 7.58. The molecule has 2 atom stereocenters. The van der Waals surface area contributed by atoms with Gasteiger partial charge in [0, 0.05) is 48.7 Å². The van der Waals surface area contributed by atoms with E-state index in [1.54, 1.807) is 4.90 Å². The van der Waals surface area contributed by atoms with E-state index in [1.165, 1.54) is 19.2 Å². The summed E-state index contributed by atoms with van der Waals surface area (Å²) in [6.45, 7) is 0.851. The molecule has 2 unspecified atom stereocenters. The molecule has 1 aliphatic carbocycles. The van der Waals surface area contributed by atoms with Crippen LogP contribution in [0.4, 0.5) is 8.78 Å². The van der Waals surface area contributed by atoms with Gasteiger partial charge in [-0.15, -0.1) is 0 Å². The van der Waals surface area contributed by atoms with Crippen LogP contribution in [0.1, 0.15) is 30.7 Å². The van der Waals surface area contributed by atoms with Gasteiger partial charge in [-0.05, 0) is 19.3 Å². The van der Waals surface area contributed by atoms with Crippen molar-refractivity contribution in [2.75, 3.05) is 20.2 Å². The van der Waals surface area contributed by atoms with Crippen LogP contribution in [-0.4, -0.2) is 37.0 Å². The van der Waals surface area contributed by atoms with Crippen molar-refractivity contribution in [3.05, 3.63) is 29.3 Å². The maximum atomic E-state index is 14.2. The number of nitrogens with zero attached hydrogens (tertiary/aromatic N) is 1. The maximum absolute atomic E-state index is 14.2. The number of methoxy groups -OCH3 is 1. The van der Waals surface area contributed by atoms with Gasteiger partial charge in [-0.1, -0.05) is 0 Å². The Hall–Kier alpha value is -1.69. The summed E-state index contributed by atoms with van der Waals surface area (Å²) < 4.78 is 33.2. The Morgan fingerprint density at radius 3 is 2.41 bits per heavy atom. The lowest BCUT2D eigenvalue weighted by atomic mass is 9.85. The monoisotopic (exact) mass is 310 g/mol. The molecule has 0 aromatic heterocycles. The highest BCUT2D eigenvalue weighted by atomic mass is 19.1. The molecule has 1 amide bonds. The van der Waals surface area contributed by atoms with Crippen LogP contribution in [0.2, 0.25) is 0 Å². The van der Waals surface area contributed by atoms with Crippen molar-refractivity contribution >= 4 is 5.91 Å². The lowest BCUT2D eigenvalue weighted by Gasteiger charge is -2.37. The van der Waals surface area contributed by atoms with Gasteiger partial charge in [-0.2, -0.15) is 0 Å². The van der Waals surface area contributed by atoms with E-state index in [0.717, 1.165) is 12.8 Å². The molecule has 22 heavy (non-hydrogen) atoms. The molecular formula is C16H20F2N2O2. The number of hydrogen-bond donors (Lipinski definition) is 1. The zero-order chi connectivity index (χ0) is 15.9. The lowest BCUT2D eigenvalue weighted by Crippen LogP contribution is -2.50. The number of halogens is 2. The van der Waals surface area contributed by atoms with E-state index in [4.69, 9.17) is 10.5 Å². The summed E-state index contributed by atoms with van der Waals surface area (Å²) >= 11 is 0. The zero-order valence-corrected chi connectivity index (χ0v) is 12.5. The Morgan fingerprint density at radius 2 is 1.91 bits per heavy atom. The SMILES string of the molecule is COc1cc(F)c(C2CCN(C(=O)C3CC3)CC2N)c(F)c1. The van der Waals surface area contributed by atoms with E-state index in [2.05, 4.69) is 0 Å². The van der Waals surface area contributed by atoms with Crippen molar-refractivity contribution in [3.63, 3.8) is 0 Å². The fraction of sp³-hybridized carbons (Fsp3) is 0.562. The average Bonchev–Trinajstić information content (AvgIpc) is 3.31. The summed E-state index contributed by atoms with van der Waals surface area (Å²) in [7, 11) is 1.36. The van der Waals surface area contributed by atoms with Crippen molar-refractivity contribution in [1.29, 1.82) is 0 Å². The molecule has 4 nitrogen and oxygen atoms in total. The number of hydrogen-bond acceptors (Lipinski definition) is 3. The average molecular weight is 310 g/mol. The molecular weight excluding hydrogens is 290 g/mol. The smallest absolute Gasteiger partial charge is 0.225 e. The molecule has 1 saturated carbocycles. The van der Waals surface area contributed by atoms with E-state index in [-0.39, 0.29) is 23.1 Å². The van der Waals surface area contributed by atoms with Crippen LogP contribution in [0.25, 0.3) is 0 Å². The first-order chi connectivity index (χ1) is 10.5. The van der Waals surface area contributed by atoms with Crippen molar-refractivity contribution in [2.45, 2.75) is 31.2 Å². The molecule has 0 radical (unpaired) electrons. The van der Waals surface area contributed by atoms with Gasteiger partial charge in [0.1, 0.15) is 17.4 Å². The predicted molar refractivity (Wildman–Crippen MR) is 77.5 cm³/mol. The van der Waals surface area contributed by atoms with Gasteiger partial charge in [0.15, 0.2) is 0 Å². The minimum Gasteiger partial charge on any atom is -0.497 e. The number of piperidine rings is 1. The van der Waals surface area contributed by atoms with Gasteiger partial charge >= 0.3 is 0 Å². The van der Waals surface area contributed by atoms with Crippen molar-refractivity contribution < 1.29 is 18.3 Å². The molecule has 2 fully saturated rings. The van der Waals surface area contributed by atoms with Crippen molar-refractivity contribution in [3.8, 4) is 5.75 Å². The number of carbonyl (C=O) groups excluding carboxylic acids is 1. The highest BCUT2D eigenvalue weighted by molar-refractivity contribution is 5.81. The van der Waals surface area contributed by atoms with Crippen LogP contribution in [0, 0.1) is 17.6 Å². The molecule has 1 aliphatic heterocycles. The molecule has 120 valence electrons. The van der Waals surface area contributed by atoms with Crippen molar-refractivity contribution in [1.82, 2.24) is 4.90 Å². The van der Waals surface area contributed by atoms with Crippen LogP contribution in [0.3, 0.4) is 0 Å². The Morgan fingerprint density at radius 1 is 1.27 bits per heavy atom. The zero-order valence-electron chi connectivity index (χ0n) is 12.5.